The number of nitrogens with zero attached hydrogens (tertiary/aromatic N) is 4. The van der Waals surface area contributed by atoms with Gasteiger partial charge in [0.2, 0.25) is 5.95 Å². The molecule has 2 aromatic heterocycles. The van der Waals surface area contributed by atoms with Crippen LogP contribution < -0.4 is 15.4 Å². The molecule has 1 atom stereocenters. The molecule has 3 N–H and O–H groups in total. The number of benzene rings is 2. The standard InChI is InChI=1S/C22H24N6O2/c1-3-30-18-11-9-16(10-12-18)25-20-19-14-24-28(17-7-5-4-6-8-17)21(19)27-22(26-20)23-13-15(2)29/h4-12,14-15,29H,3,13H2,1-2H3,(H2,23,25,26,27)/t15-/m0/s1. The molecule has 4 rings (SSSR count). The Morgan fingerprint density at radius 2 is 1.83 bits per heavy atom. The van der Waals surface area contributed by atoms with Crippen LogP contribution in [0.25, 0.3) is 16.7 Å². The highest BCUT2D eigenvalue weighted by atomic mass is 16.5. The zero-order chi connectivity index (χ0) is 20.9. The topological polar surface area (TPSA) is 97.1 Å². The maximum absolute atomic E-state index is 9.63. The van der Waals surface area contributed by atoms with Crippen LogP contribution in [-0.2, 0) is 0 Å². The second-order valence-corrected chi connectivity index (χ2v) is 6.84. The Labute approximate surface area is 174 Å². The molecule has 0 aliphatic carbocycles. The van der Waals surface area contributed by atoms with Crippen molar-refractivity contribution in [1.82, 2.24) is 19.7 Å². The largest absolute Gasteiger partial charge is 0.494 e. The Morgan fingerprint density at radius 1 is 1.07 bits per heavy atom. The van der Waals surface area contributed by atoms with E-state index in [1.165, 1.54) is 0 Å². The van der Waals surface area contributed by atoms with E-state index in [4.69, 9.17) is 4.74 Å². The van der Waals surface area contributed by atoms with Gasteiger partial charge in [-0.2, -0.15) is 15.1 Å². The number of anilines is 3. The zero-order valence-electron chi connectivity index (χ0n) is 16.9. The van der Waals surface area contributed by atoms with Crippen LogP contribution in [0.15, 0.2) is 60.8 Å². The van der Waals surface area contributed by atoms with Gasteiger partial charge in [-0.1, -0.05) is 18.2 Å². The van der Waals surface area contributed by atoms with Crippen LogP contribution in [0, 0.1) is 0 Å². The third-order valence-electron chi connectivity index (χ3n) is 4.41. The Kier molecular flexibility index (Phi) is 5.76. The van der Waals surface area contributed by atoms with Gasteiger partial charge in [0.15, 0.2) is 5.65 Å². The number of nitrogens with one attached hydrogen (secondary N) is 2. The summed E-state index contributed by atoms with van der Waals surface area (Å²) in [5.74, 6) is 1.85. The lowest BCUT2D eigenvalue weighted by Crippen LogP contribution is -2.17. The number of hydrogen-bond donors (Lipinski definition) is 3. The highest BCUT2D eigenvalue weighted by molar-refractivity contribution is 5.90. The lowest BCUT2D eigenvalue weighted by Gasteiger charge is -2.12. The van der Waals surface area contributed by atoms with Gasteiger partial charge in [0.25, 0.3) is 0 Å². The van der Waals surface area contributed by atoms with E-state index in [0.29, 0.717) is 30.6 Å². The number of aliphatic hydroxyl groups is 1. The molecule has 0 saturated heterocycles. The van der Waals surface area contributed by atoms with Gasteiger partial charge in [0.1, 0.15) is 11.6 Å². The van der Waals surface area contributed by atoms with Crippen LogP contribution in [0.4, 0.5) is 17.5 Å². The van der Waals surface area contributed by atoms with E-state index >= 15 is 0 Å². The van der Waals surface area contributed by atoms with Gasteiger partial charge in [0.05, 0.1) is 30.0 Å². The van der Waals surface area contributed by atoms with Crippen LogP contribution in [0.2, 0.25) is 0 Å². The molecule has 154 valence electrons. The maximum atomic E-state index is 9.63. The quantitative estimate of drug-likeness (QED) is 0.411. The number of aromatic nitrogens is 4. The van der Waals surface area contributed by atoms with Crippen LogP contribution in [0.1, 0.15) is 13.8 Å². The summed E-state index contributed by atoms with van der Waals surface area (Å²) < 4.78 is 7.28. The van der Waals surface area contributed by atoms with E-state index in [-0.39, 0.29) is 0 Å². The van der Waals surface area contributed by atoms with Crippen molar-refractivity contribution in [3.8, 4) is 11.4 Å². The van der Waals surface area contributed by atoms with E-state index < -0.39 is 6.10 Å². The minimum Gasteiger partial charge on any atom is -0.494 e. The monoisotopic (exact) mass is 404 g/mol. The average Bonchev–Trinajstić information content (AvgIpc) is 3.19. The molecule has 0 spiro atoms. The van der Waals surface area contributed by atoms with E-state index in [9.17, 15) is 5.11 Å². The molecule has 2 heterocycles. The van der Waals surface area contributed by atoms with Crippen molar-refractivity contribution in [2.45, 2.75) is 20.0 Å². The van der Waals surface area contributed by atoms with Crippen LogP contribution in [0.5, 0.6) is 5.75 Å². The molecule has 8 nitrogen and oxygen atoms in total. The SMILES string of the molecule is CCOc1ccc(Nc2nc(NC[C@H](C)O)nc3c2cnn3-c2ccccc2)cc1. The zero-order valence-corrected chi connectivity index (χ0v) is 16.9. The number of aliphatic hydroxyl groups excluding tert-OH is 1. The summed E-state index contributed by atoms with van der Waals surface area (Å²) in [5, 5.41) is 21.4. The van der Waals surface area contributed by atoms with E-state index in [1.807, 2.05) is 61.5 Å². The normalized spacial score (nSPS) is 12.0. The van der Waals surface area contributed by atoms with Gasteiger partial charge in [-0.3, -0.25) is 0 Å². The molecule has 0 saturated carbocycles. The molecule has 8 heteroatoms. The van der Waals surface area contributed by atoms with E-state index in [2.05, 4.69) is 25.7 Å². The first kappa shape index (κ1) is 19.7. The first-order valence-corrected chi connectivity index (χ1v) is 9.87. The second-order valence-electron chi connectivity index (χ2n) is 6.84. The van der Waals surface area contributed by atoms with Crippen LogP contribution in [-0.4, -0.2) is 44.1 Å². The molecule has 0 aliphatic heterocycles. The van der Waals surface area contributed by atoms with Gasteiger partial charge in [-0.25, -0.2) is 4.68 Å². The third-order valence-corrected chi connectivity index (χ3v) is 4.41. The summed E-state index contributed by atoms with van der Waals surface area (Å²) >= 11 is 0. The van der Waals surface area contributed by atoms with Crippen molar-refractivity contribution in [3.63, 3.8) is 0 Å². The molecule has 0 amide bonds. The van der Waals surface area contributed by atoms with Crippen molar-refractivity contribution >= 4 is 28.5 Å². The first-order chi connectivity index (χ1) is 14.6. The molecule has 0 fully saturated rings. The molecule has 2 aromatic carbocycles. The average molecular weight is 404 g/mol. The molecule has 0 unspecified atom stereocenters. The summed E-state index contributed by atoms with van der Waals surface area (Å²) in [5.41, 5.74) is 2.44. The molecule has 0 bridgehead atoms. The van der Waals surface area contributed by atoms with Crippen molar-refractivity contribution < 1.29 is 9.84 Å². The van der Waals surface area contributed by atoms with Crippen LogP contribution >= 0.6 is 0 Å². The minimum atomic E-state index is -0.522. The highest BCUT2D eigenvalue weighted by Crippen LogP contribution is 2.27. The van der Waals surface area contributed by atoms with Gasteiger partial charge >= 0.3 is 0 Å². The summed E-state index contributed by atoms with van der Waals surface area (Å²) in [6.07, 6.45) is 1.23. The molecule has 0 radical (unpaired) electrons. The predicted molar refractivity (Wildman–Crippen MR) is 118 cm³/mol. The number of rotatable bonds is 8. The molecule has 0 aliphatic rings. The summed E-state index contributed by atoms with van der Waals surface area (Å²) in [6, 6.07) is 17.5. The lowest BCUT2D eigenvalue weighted by molar-refractivity contribution is 0.208. The summed E-state index contributed by atoms with van der Waals surface area (Å²) in [7, 11) is 0. The van der Waals surface area contributed by atoms with Crippen LogP contribution in [0.3, 0.4) is 0 Å². The highest BCUT2D eigenvalue weighted by Gasteiger charge is 2.15. The number of ether oxygens (including phenoxy) is 1. The molecular weight excluding hydrogens is 380 g/mol. The van der Waals surface area contributed by atoms with Gasteiger partial charge in [-0.15, -0.1) is 0 Å². The predicted octanol–water partition coefficient (Wildman–Crippen LogP) is 3.75. The molecular formula is C22H24N6O2. The van der Waals surface area contributed by atoms with Crippen molar-refractivity contribution in [1.29, 1.82) is 0 Å². The Bertz CT molecular complexity index is 1110. The van der Waals surface area contributed by atoms with E-state index in [0.717, 1.165) is 22.5 Å². The third kappa shape index (κ3) is 4.33. The van der Waals surface area contributed by atoms with Crippen molar-refractivity contribution in [2.75, 3.05) is 23.8 Å². The van der Waals surface area contributed by atoms with E-state index in [1.54, 1.807) is 17.8 Å². The van der Waals surface area contributed by atoms with Gasteiger partial charge in [-0.05, 0) is 50.2 Å². The number of para-hydroxylation sites is 1. The Morgan fingerprint density at radius 3 is 2.53 bits per heavy atom. The fourth-order valence-electron chi connectivity index (χ4n) is 3.02. The number of fused-ring (bicyclic) bond motifs is 1. The lowest BCUT2D eigenvalue weighted by atomic mass is 10.3. The first-order valence-electron chi connectivity index (χ1n) is 9.87. The Balaban J connectivity index is 1.74. The fraction of sp³-hybridized carbons (Fsp3) is 0.227. The maximum Gasteiger partial charge on any atom is 0.226 e. The fourth-order valence-corrected chi connectivity index (χ4v) is 3.02. The second kappa shape index (κ2) is 8.79. The summed E-state index contributed by atoms with van der Waals surface area (Å²) in [4.78, 5) is 9.24. The smallest absolute Gasteiger partial charge is 0.226 e. The number of hydrogen-bond acceptors (Lipinski definition) is 7. The van der Waals surface area contributed by atoms with Gasteiger partial charge < -0.3 is 20.5 Å². The minimum absolute atomic E-state index is 0.341. The Hall–Kier alpha value is -3.65. The summed E-state index contributed by atoms with van der Waals surface area (Å²) in [6.45, 7) is 4.62. The molecule has 4 aromatic rings. The van der Waals surface area contributed by atoms with Gasteiger partial charge in [0, 0.05) is 12.2 Å². The van der Waals surface area contributed by atoms with Crippen molar-refractivity contribution in [2.24, 2.45) is 0 Å². The molecule has 30 heavy (non-hydrogen) atoms. The van der Waals surface area contributed by atoms with Crippen molar-refractivity contribution in [3.05, 3.63) is 60.8 Å².